The number of anilines is 1. The van der Waals surface area contributed by atoms with Crippen LogP contribution in [0.5, 0.6) is 0 Å². The van der Waals surface area contributed by atoms with Crippen molar-refractivity contribution >= 4 is 17.5 Å². The second-order valence-electron chi connectivity index (χ2n) is 5.62. The maximum absolute atomic E-state index is 12.5. The molecule has 0 saturated carbocycles. The number of hydrogen-bond acceptors (Lipinski definition) is 3. The number of imide groups is 1. The van der Waals surface area contributed by atoms with E-state index < -0.39 is 0 Å². The monoisotopic (exact) mass is 278 g/mol. The Labute approximate surface area is 122 Å². The van der Waals surface area contributed by atoms with E-state index in [1.165, 1.54) is 10.5 Å². The van der Waals surface area contributed by atoms with E-state index in [9.17, 15) is 9.59 Å². The molecule has 2 amide bonds. The molecule has 0 saturated heterocycles. The highest BCUT2D eigenvalue weighted by Crippen LogP contribution is 2.32. The number of fused-ring (bicyclic) bond motifs is 2. The average Bonchev–Trinajstić information content (AvgIpc) is 2.99. The van der Waals surface area contributed by atoms with Crippen LogP contribution in [-0.4, -0.2) is 22.8 Å². The minimum atomic E-state index is -0.179. The normalized spacial score (nSPS) is 19.8. The lowest BCUT2D eigenvalue weighted by Gasteiger charge is -2.21. The zero-order valence-electron chi connectivity index (χ0n) is 11.4. The SMILES string of the molecule is Nc1ccc2c(c1)CC(N1C(=O)c3ccccc3C1=O)C2. The van der Waals surface area contributed by atoms with Gasteiger partial charge in [0, 0.05) is 11.7 Å². The van der Waals surface area contributed by atoms with Gasteiger partial charge in [0.1, 0.15) is 0 Å². The van der Waals surface area contributed by atoms with Crippen LogP contribution in [0, 0.1) is 0 Å². The molecule has 4 nitrogen and oxygen atoms in total. The van der Waals surface area contributed by atoms with Gasteiger partial charge in [0.25, 0.3) is 11.8 Å². The van der Waals surface area contributed by atoms with Gasteiger partial charge in [-0.1, -0.05) is 18.2 Å². The van der Waals surface area contributed by atoms with Crippen molar-refractivity contribution < 1.29 is 9.59 Å². The first-order valence-electron chi connectivity index (χ1n) is 6.99. The molecule has 4 heteroatoms. The summed E-state index contributed by atoms with van der Waals surface area (Å²) in [5.74, 6) is -0.359. The van der Waals surface area contributed by atoms with E-state index in [1.54, 1.807) is 24.3 Å². The van der Waals surface area contributed by atoms with E-state index in [1.807, 2.05) is 18.2 Å². The lowest BCUT2D eigenvalue weighted by Crippen LogP contribution is -2.40. The number of carbonyl (C=O) groups is 2. The summed E-state index contributed by atoms with van der Waals surface area (Å²) in [4.78, 5) is 26.4. The van der Waals surface area contributed by atoms with Crippen molar-refractivity contribution in [3.05, 3.63) is 64.7 Å². The number of benzene rings is 2. The number of nitrogens with two attached hydrogens (primary N) is 1. The summed E-state index contributed by atoms with van der Waals surface area (Å²) in [6, 6.07) is 12.7. The molecule has 0 aromatic heterocycles. The zero-order chi connectivity index (χ0) is 14.6. The summed E-state index contributed by atoms with van der Waals surface area (Å²) in [5, 5.41) is 0. The first-order valence-corrected chi connectivity index (χ1v) is 6.99. The zero-order valence-corrected chi connectivity index (χ0v) is 11.4. The molecule has 0 spiro atoms. The molecule has 1 atom stereocenters. The van der Waals surface area contributed by atoms with Crippen LogP contribution in [0.1, 0.15) is 31.8 Å². The number of amides is 2. The van der Waals surface area contributed by atoms with Crippen molar-refractivity contribution in [3.63, 3.8) is 0 Å². The number of nitrogen functional groups attached to an aromatic ring is 1. The van der Waals surface area contributed by atoms with Gasteiger partial charge in [-0.05, 0) is 48.2 Å². The van der Waals surface area contributed by atoms with Crippen LogP contribution in [0.25, 0.3) is 0 Å². The van der Waals surface area contributed by atoms with Crippen LogP contribution in [0.3, 0.4) is 0 Å². The predicted molar refractivity (Wildman–Crippen MR) is 79.0 cm³/mol. The lowest BCUT2D eigenvalue weighted by atomic mass is 10.1. The van der Waals surface area contributed by atoms with E-state index in [-0.39, 0.29) is 17.9 Å². The fourth-order valence-corrected chi connectivity index (χ4v) is 3.34. The summed E-state index contributed by atoms with van der Waals surface area (Å²) < 4.78 is 0. The fourth-order valence-electron chi connectivity index (χ4n) is 3.34. The first-order chi connectivity index (χ1) is 10.1. The smallest absolute Gasteiger partial charge is 0.261 e. The number of hydrogen-bond donors (Lipinski definition) is 1. The molecule has 2 aromatic carbocycles. The molecule has 1 unspecified atom stereocenters. The van der Waals surface area contributed by atoms with Crippen molar-refractivity contribution in [2.24, 2.45) is 0 Å². The quantitative estimate of drug-likeness (QED) is 0.641. The van der Waals surface area contributed by atoms with Gasteiger partial charge >= 0.3 is 0 Å². The molecule has 0 fully saturated rings. The van der Waals surface area contributed by atoms with Gasteiger partial charge in [0.15, 0.2) is 0 Å². The van der Waals surface area contributed by atoms with Crippen LogP contribution < -0.4 is 5.73 Å². The molecule has 1 heterocycles. The van der Waals surface area contributed by atoms with Gasteiger partial charge in [-0.15, -0.1) is 0 Å². The number of carbonyl (C=O) groups excluding carboxylic acids is 2. The Morgan fingerprint density at radius 2 is 1.52 bits per heavy atom. The van der Waals surface area contributed by atoms with Crippen molar-refractivity contribution in [1.82, 2.24) is 4.90 Å². The van der Waals surface area contributed by atoms with Gasteiger partial charge in [0.2, 0.25) is 0 Å². The minimum Gasteiger partial charge on any atom is -0.399 e. The van der Waals surface area contributed by atoms with Gasteiger partial charge in [-0.3, -0.25) is 14.5 Å². The van der Waals surface area contributed by atoms with E-state index in [2.05, 4.69) is 0 Å². The Balaban J connectivity index is 1.69. The van der Waals surface area contributed by atoms with Gasteiger partial charge in [-0.2, -0.15) is 0 Å². The molecule has 104 valence electrons. The van der Waals surface area contributed by atoms with Gasteiger partial charge < -0.3 is 5.73 Å². The second kappa shape index (κ2) is 4.19. The van der Waals surface area contributed by atoms with Crippen LogP contribution in [0.15, 0.2) is 42.5 Å². The molecule has 1 aliphatic carbocycles. The van der Waals surface area contributed by atoms with E-state index >= 15 is 0 Å². The Morgan fingerprint density at radius 3 is 2.19 bits per heavy atom. The molecule has 1 aliphatic heterocycles. The molecule has 2 aliphatic rings. The van der Waals surface area contributed by atoms with Crippen molar-refractivity contribution in [1.29, 1.82) is 0 Å². The minimum absolute atomic E-state index is 0.103. The molecule has 2 aromatic rings. The van der Waals surface area contributed by atoms with Crippen molar-refractivity contribution in [2.75, 3.05) is 5.73 Å². The van der Waals surface area contributed by atoms with E-state index in [4.69, 9.17) is 5.73 Å². The standard InChI is InChI=1S/C17H14N2O2/c18-12-6-5-10-8-13(9-11(10)7-12)19-16(20)14-3-1-2-4-15(14)17(19)21/h1-7,13H,8-9,18H2. The molecule has 0 bridgehead atoms. The van der Waals surface area contributed by atoms with Gasteiger partial charge in [0.05, 0.1) is 11.1 Å². The summed E-state index contributed by atoms with van der Waals surface area (Å²) in [5.41, 5.74) is 9.86. The summed E-state index contributed by atoms with van der Waals surface area (Å²) in [6.45, 7) is 0. The van der Waals surface area contributed by atoms with Crippen molar-refractivity contribution in [3.8, 4) is 0 Å². The molecule has 4 rings (SSSR count). The highest BCUT2D eigenvalue weighted by Gasteiger charge is 2.41. The van der Waals surface area contributed by atoms with Crippen LogP contribution in [0.4, 0.5) is 5.69 Å². The highest BCUT2D eigenvalue weighted by atomic mass is 16.2. The van der Waals surface area contributed by atoms with Crippen LogP contribution in [-0.2, 0) is 12.8 Å². The largest absolute Gasteiger partial charge is 0.399 e. The average molecular weight is 278 g/mol. The van der Waals surface area contributed by atoms with Crippen LogP contribution >= 0.6 is 0 Å². The summed E-state index contributed by atoms with van der Waals surface area (Å²) in [6.07, 6.45) is 1.40. The lowest BCUT2D eigenvalue weighted by molar-refractivity contribution is 0.0590. The predicted octanol–water partition coefficient (Wildman–Crippen LogP) is 2.03. The third kappa shape index (κ3) is 1.69. The topological polar surface area (TPSA) is 63.4 Å². The second-order valence-corrected chi connectivity index (χ2v) is 5.62. The van der Waals surface area contributed by atoms with E-state index in [0.29, 0.717) is 24.0 Å². The number of nitrogens with zero attached hydrogens (tertiary/aromatic N) is 1. The summed E-state index contributed by atoms with van der Waals surface area (Å²) >= 11 is 0. The van der Waals surface area contributed by atoms with Gasteiger partial charge in [-0.25, -0.2) is 0 Å². The number of rotatable bonds is 1. The molecule has 0 radical (unpaired) electrons. The first kappa shape index (κ1) is 12.1. The fraction of sp³-hybridized carbons (Fsp3) is 0.176. The third-order valence-electron chi connectivity index (χ3n) is 4.33. The Bertz CT molecular complexity index is 747. The molecule has 2 N–H and O–H groups in total. The Hall–Kier alpha value is -2.62. The molecule has 21 heavy (non-hydrogen) atoms. The Morgan fingerprint density at radius 1 is 0.905 bits per heavy atom. The Kier molecular flexibility index (Phi) is 2.42. The van der Waals surface area contributed by atoms with E-state index in [0.717, 1.165) is 11.3 Å². The molecular formula is C17H14N2O2. The maximum atomic E-state index is 12.5. The molecular weight excluding hydrogens is 264 g/mol. The summed E-state index contributed by atoms with van der Waals surface area (Å²) in [7, 11) is 0. The highest BCUT2D eigenvalue weighted by molar-refractivity contribution is 6.21. The van der Waals surface area contributed by atoms with Crippen LogP contribution in [0.2, 0.25) is 0 Å². The third-order valence-corrected chi connectivity index (χ3v) is 4.33. The maximum Gasteiger partial charge on any atom is 0.261 e. The van der Waals surface area contributed by atoms with Crippen molar-refractivity contribution in [2.45, 2.75) is 18.9 Å².